The zero-order valence-electron chi connectivity index (χ0n) is 6.89. The average molecular weight is 200 g/mol. The van der Waals surface area contributed by atoms with Crippen LogP contribution in [-0.2, 0) is 15.5 Å². The maximum atomic E-state index is 11.0. The Morgan fingerprint density at radius 1 is 1.38 bits per heavy atom. The lowest BCUT2D eigenvalue weighted by Gasteiger charge is -1.98. The summed E-state index contributed by atoms with van der Waals surface area (Å²) in [5, 5.41) is 0. The molecule has 5 heteroatoms. The van der Waals surface area contributed by atoms with Crippen molar-refractivity contribution in [3.8, 4) is 0 Å². The molecule has 13 heavy (non-hydrogen) atoms. The van der Waals surface area contributed by atoms with Crippen LogP contribution in [-0.4, -0.2) is 14.7 Å². The van der Waals surface area contributed by atoms with Gasteiger partial charge in [-0.3, -0.25) is 4.55 Å². The van der Waals surface area contributed by atoms with Gasteiger partial charge in [0, 0.05) is 0 Å². The van der Waals surface area contributed by atoms with Crippen LogP contribution >= 0.6 is 0 Å². The van der Waals surface area contributed by atoms with Crippen molar-refractivity contribution in [2.24, 2.45) is 0 Å². The molecular weight excluding hydrogens is 192 g/mol. The number of benzene rings is 1. The standard InChI is InChI=1S/C8H8O4S/c1-6-2-4-7(5-3-6)8(9)12-13(10)11/h2-5H,1H3,(H,10,11). The minimum atomic E-state index is -2.55. The molecule has 0 amide bonds. The summed E-state index contributed by atoms with van der Waals surface area (Å²) in [7, 11) is 0. The van der Waals surface area contributed by atoms with Gasteiger partial charge < -0.3 is 4.18 Å². The lowest BCUT2D eigenvalue weighted by Crippen LogP contribution is -2.06. The SMILES string of the molecule is Cc1ccc(C(=O)OS(=O)O)cc1. The monoisotopic (exact) mass is 200 g/mol. The molecule has 0 aromatic heterocycles. The highest BCUT2D eigenvalue weighted by Crippen LogP contribution is 2.05. The van der Waals surface area contributed by atoms with Crippen molar-refractivity contribution in [2.45, 2.75) is 6.92 Å². The summed E-state index contributed by atoms with van der Waals surface area (Å²) in [6.45, 7) is 1.87. The molecular formula is C8H8O4S. The summed E-state index contributed by atoms with van der Waals surface area (Å²) < 4.78 is 22.5. The van der Waals surface area contributed by atoms with Gasteiger partial charge in [0.05, 0.1) is 5.56 Å². The predicted octanol–water partition coefficient (Wildman–Crippen LogP) is 1.29. The van der Waals surface area contributed by atoms with Gasteiger partial charge in [0.2, 0.25) is 0 Å². The lowest BCUT2D eigenvalue weighted by atomic mass is 10.2. The van der Waals surface area contributed by atoms with E-state index in [0.717, 1.165) is 5.56 Å². The van der Waals surface area contributed by atoms with E-state index in [2.05, 4.69) is 4.18 Å². The van der Waals surface area contributed by atoms with Gasteiger partial charge in [-0.15, -0.1) is 0 Å². The molecule has 1 aromatic rings. The summed E-state index contributed by atoms with van der Waals surface area (Å²) >= 11 is -2.55. The molecule has 0 heterocycles. The minimum absolute atomic E-state index is 0.257. The second kappa shape index (κ2) is 4.15. The molecule has 0 spiro atoms. The molecule has 0 fully saturated rings. The number of hydrogen-bond donors (Lipinski definition) is 1. The number of carbonyl (C=O) groups is 1. The van der Waals surface area contributed by atoms with Gasteiger partial charge in [-0.25, -0.2) is 4.79 Å². The van der Waals surface area contributed by atoms with Crippen molar-refractivity contribution in [3.63, 3.8) is 0 Å². The Morgan fingerprint density at radius 3 is 2.38 bits per heavy atom. The van der Waals surface area contributed by atoms with E-state index in [0.29, 0.717) is 0 Å². The van der Waals surface area contributed by atoms with Crippen molar-refractivity contribution in [1.82, 2.24) is 0 Å². The first-order valence-electron chi connectivity index (χ1n) is 3.50. The molecule has 0 saturated heterocycles. The Morgan fingerprint density at radius 2 is 1.92 bits per heavy atom. The fourth-order valence-electron chi connectivity index (χ4n) is 0.803. The molecule has 1 N–H and O–H groups in total. The van der Waals surface area contributed by atoms with Crippen LogP contribution in [0.3, 0.4) is 0 Å². The summed E-state index contributed by atoms with van der Waals surface area (Å²) in [6, 6.07) is 6.50. The van der Waals surface area contributed by atoms with Gasteiger partial charge in [-0.1, -0.05) is 17.7 Å². The van der Waals surface area contributed by atoms with E-state index < -0.39 is 17.3 Å². The normalized spacial score (nSPS) is 12.2. The van der Waals surface area contributed by atoms with E-state index in [4.69, 9.17) is 4.55 Å². The third-order valence-electron chi connectivity index (χ3n) is 1.43. The molecule has 70 valence electrons. The highest BCUT2D eigenvalue weighted by Gasteiger charge is 2.08. The summed E-state index contributed by atoms with van der Waals surface area (Å²) in [5.74, 6) is -0.805. The van der Waals surface area contributed by atoms with E-state index >= 15 is 0 Å². The first-order chi connectivity index (χ1) is 6.09. The van der Waals surface area contributed by atoms with Crippen molar-refractivity contribution in [1.29, 1.82) is 0 Å². The molecule has 0 radical (unpaired) electrons. The third kappa shape index (κ3) is 2.96. The van der Waals surface area contributed by atoms with Crippen LogP contribution in [0.1, 0.15) is 15.9 Å². The number of aryl methyl sites for hydroxylation is 1. The van der Waals surface area contributed by atoms with Gasteiger partial charge in [0.15, 0.2) is 0 Å². The summed E-state index contributed by atoms with van der Waals surface area (Å²) in [5.41, 5.74) is 1.26. The van der Waals surface area contributed by atoms with E-state index in [1.807, 2.05) is 6.92 Å². The third-order valence-corrected chi connectivity index (χ3v) is 1.73. The van der Waals surface area contributed by atoms with Crippen LogP contribution in [0.2, 0.25) is 0 Å². The average Bonchev–Trinajstić information content (AvgIpc) is 2.04. The second-order valence-corrected chi connectivity index (χ2v) is 3.05. The Kier molecular flexibility index (Phi) is 3.16. The topological polar surface area (TPSA) is 63.6 Å². The van der Waals surface area contributed by atoms with E-state index in [1.165, 1.54) is 12.1 Å². The van der Waals surface area contributed by atoms with E-state index in [-0.39, 0.29) is 5.56 Å². The maximum Gasteiger partial charge on any atom is 0.360 e. The van der Waals surface area contributed by atoms with E-state index in [1.54, 1.807) is 12.1 Å². The number of rotatable bonds is 2. The second-order valence-electron chi connectivity index (χ2n) is 2.45. The summed E-state index contributed by atoms with van der Waals surface area (Å²) in [6.07, 6.45) is 0. The molecule has 1 aromatic carbocycles. The molecule has 1 atom stereocenters. The Labute approximate surface area is 78.0 Å². The molecule has 1 unspecified atom stereocenters. The number of carbonyl (C=O) groups excluding carboxylic acids is 1. The van der Waals surface area contributed by atoms with Crippen molar-refractivity contribution < 1.29 is 17.7 Å². The minimum Gasteiger partial charge on any atom is -0.339 e. The largest absolute Gasteiger partial charge is 0.360 e. The van der Waals surface area contributed by atoms with Gasteiger partial charge in [0.1, 0.15) is 0 Å². The molecule has 0 saturated carbocycles. The van der Waals surface area contributed by atoms with Gasteiger partial charge in [0.25, 0.3) is 0 Å². The fourth-order valence-corrected chi connectivity index (χ4v) is 1.03. The van der Waals surface area contributed by atoms with Crippen molar-refractivity contribution in [2.75, 3.05) is 0 Å². The van der Waals surface area contributed by atoms with Crippen LogP contribution in [0, 0.1) is 6.92 Å². The van der Waals surface area contributed by atoms with Crippen LogP contribution < -0.4 is 0 Å². The first kappa shape index (κ1) is 9.88. The fraction of sp³-hybridized carbons (Fsp3) is 0.125. The highest BCUT2D eigenvalue weighted by atomic mass is 32.2. The van der Waals surface area contributed by atoms with Crippen LogP contribution in [0.25, 0.3) is 0 Å². The Hall–Kier alpha value is -1.20. The van der Waals surface area contributed by atoms with Crippen LogP contribution in [0.15, 0.2) is 24.3 Å². The molecule has 0 bridgehead atoms. The highest BCUT2D eigenvalue weighted by molar-refractivity contribution is 7.74. The smallest absolute Gasteiger partial charge is 0.339 e. The van der Waals surface area contributed by atoms with E-state index in [9.17, 15) is 9.00 Å². The number of hydrogen-bond acceptors (Lipinski definition) is 3. The Bertz CT molecular complexity index is 331. The van der Waals surface area contributed by atoms with Gasteiger partial charge >= 0.3 is 17.3 Å². The Balaban J connectivity index is 2.78. The van der Waals surface area contributed by atoms with Gasteiger partial charge in [-0.2, -0.15) is 4.21 Å². The zero-order chi connectivity index (χ0) is 9.84. The molecule has 0 aliphatic heterocycles. The quantitative estimate of drug-likeness (QED) is 0.730. The van der Waals surface area contributed by atoms with Crippen LogP contribution in [0.5, 0.6) is 0 Å². The maximum absolute atomic E-state index is 11.0. The van der Waals surface area contributed by atoms with Crippen molar-refractivity contribution >= 4 is 17.3 Å². The van der Waals surface area contributed by atoms with Gasteiger partial charge in [-0.05, 0) is 19.1 Å². The van der Waals surface area contributed by atoms with Crippen LogP contribution in [0.4, 0.5) is 0 Å². The molecule has 4 nitrogen and oxygen atoms in total. The first-order valence-corrected chi connectivity index (χ1v) is 4.53. The van der Waals surface area contributed by atoms with Crippen molar-refractivity contribution in [3.05, 3.63) is 35.4 Å². The zero-order valence-corrected chi connectivity index (χ0v) is 7.71. The lowest BCUT2D eigenvalue weighted by molar-refractivity contribution is 0.0743. The molecule has 0 aliphatic rings. The molecule has 0 aliphatic carbocycles. The summed E-state index contributed by atoms with van der Waals surface area (Å²) in [4.78, 5) is 11.0. The predicted molar refractivity (Wildman–Crippen MR) is 47.4 cm³/mol. The molecule has 1 rings (SSSR count).